The molecular weight excluding hydrogens is 729 g/mol. The van der Waals surface area contributed by atoms with Crippen molar-refractivity contribution in [3.05, 3.63) is 91.0 Å². The number of hydrogen-bond acceptors (Lipinski definition) is 5. The predicted molar refractivity (Wildman–Crippen MR) is 186 cm³/mol. The highest BCUT2D eigenvalue weighted by atomic mass is 127. The van der Waals surface area contributed by atoms with Crippen molar-refractivity contribution in [2.75, 3.05) is 11.0 Å². The largest absolute Gasteiger partial charge is 0.743 e. The monoisotopic (exact) mass is 774 g/mol. The zero-order chi connectivity index (χ0) is 32.8. The van der Waals surface area contributed by atoms with E-state index in [1.54, 1.807) is 0 Å². The number of unbranched alkanes of at least 4 members (excludes halogenated alkanes) is 12. The molecule has 45 heavy (non-hydrogen) atoms. The zero-order valence-electron chi connectivity index (χ0n) is 25.8. The van der Waals surface area contributed by atoms with E-state index in [0.29, 0.717) is 12.8 Å². The van der Waals surface area contributed by atoms with Crippen LogP contribution in [0.3, 0.4) is 0 Å². The summed E-state index contributed by atoms with van der Waals surface area (Å²) < 4.78 is 61.8. The Balaban J connectivity index is 0.000000326. The smallest absolute Gasteiger partial charge is 0.428 e. The second-order valence-corrected chi connectivity index (χ2v) is 15.2. The van der Waals surface area contributed by atoms with Crippen molar-refractivity contribution in [3.8, 4) is 0 Å². The van der Waals surface area contributed by atoms with Crippen molar-refractivity contribution >= 4 is 49.6 Å². The summed E-state index contributed by atoms with van der Waals surface area (Å²) in [5, 5.41) is -5.01. The fraction of sp³-hybridized carbons (Fsp3) is 0.457. The third-order valence-corrected chi connectivity index (χ3v) is 10.8. The van der Waals surface area contributed by atoms with Crippen LogP contribution in [0.1, 0.15) is 83.5 Å². The molecule has 0 fully saturated rings. The molecule has 0 heterocycles. The van der Waals surface area contributed by atoms with Crippen LogP contribution in [0.4, 0.5) is 8.78 Å². The number of alkyl halides is 3. The van der Waals surface area contributed by atoms with Crippen LogP contribution >= 0.6 is 22.6 Å². The lowest BCUT2D eigenvalue weighted by atomic mass is 10.0. The van der Waals surface area contributed by atoms with Gasteiger partial charge in [-0.25, -0.2) is 13.2 Å². The molecule has 10 heteroatoms. The Labute approximate surface area is 284 Å². The van der Waals surface area contributed by atoms with Crippen molar-refractivity contribution in [1.29, 1.82) is 0 Å². The first-order chi connectivity index (χ1) is 21.7. The maximum Gasteiger partial charge on any atom is 0.428 e. The van der Waals surface area contributed by atoms with Crippen LogP contribution in [-0.4, -0.2) is 35.2 Å². The highest BCUT2D eigenvalue weighted by Gasteiger charge is 2.48. The molecule has 0 N–H and O–H groups in total. The third kappa shape index (κ3) is 15.4. The second-order valence-electron chi connectivity index (χ2n) is 10.6. The van der Waals surface area contributed by atoms with E-state index < -0.39 is 21.3 Å². The summed E-state index contributed by atoms with van der Waals surface area (Å²) in [4.78, 5) is 15.0. The van der Waals surface area contributed by atoms with Gasteiger partial charge in [-0.3, -0.25) is 0 Å². The quantitative estimate of drug-likeness (QED) is 0.0285. The maximum atomic E-state index is 12.8. The van der Waals surface area contributed by atoms with Gasteiger partial charge in [-0.1, -0.05) is 148 Å². The van der Waals surface area contributed by atoms with Gasteiger partial charge < -0.3 is 9.29 Å². The Bertz CT molecular complexity index is 1200. The fourth-order valence-corrected chi connectivity index (χ4v) is 7.48. The topological polar surface area (TPSA) is 83.5 Å². The number of esters is 1. The van der Waals surface area contributed by atoms with Crippen molar-refractivity contribution in [2.45, 2.75) is 103 Å². The van der Waals surface area contributed by atoms with Crippen LogP contribution in [0.25, 0.3) is 0 Å². The summed E-state index contributed by atoms with van der Waals surface area (Å²) in [5.74, 6) is -2.29. The Hall–Kier alpha value is -2.02. The predicted octanol–water partition coefficient (Wildman–Crippen LogP) is 9.96. The van der Waals surface area contributed by atoms with E-state index in [1.807, 2.05) is 0 Å². The minimum Gasteiger partial charge on any atom is -0.743 e. The van der Waals surface area contributed by atoms with Crippen LogP contribution in [0.2, 0.25) is 0 Å². The number of halogens is 3. The summed E-state index contributed by atoms with van der Waals surface area (Å²) in [7, 11) is -6.05. The van der Waals surface area contributed by atoms with Crippen LogP contribution < -0.4 is 0 Å². The highest BCUT2D eigenvalue weighted by Crippen LogP contribution is 2.30. The average molecular weight is 775 g/mol. The van der Waals surface area contributed by atoms with Crippen molar-refractivity contribution < 1.29 is 31.3 Å². The van der Waals surface area contributed by atoms with Gasteiger partial charge in [-0.15, -0.1) is 0 Å². The molecule has 3 rings (SSSR count). The molecule has 5 nitrogen and oxygen atoms in total. The number of hydrogen-bond donors (Lipinski definition) is 0. The Morgan fingerprint density at radius 1 is 0.622 bits per heavy atom. The SMILES string of the molecule is O=C(OCCCCCCCCCCCCCCCI)C(F)(F)S(=O)(=O)[O-].c1ccc([S+](c2ccccc2)c2ccccc2)cc1. The number of rotatable bonds is 20. The lowest BCUT2D eigenvalue weighted by molar-refractivity contribution is -0.161. The molecule has 0 bridgehead atoms. The summed E-state index contributed by atoms with van der Waals surface area (Å²) in [6.07, 6.45) is 14.5. The highest BCUT2D eigenvalue weighted by molar-refractivity contribution is 14.1. The lowest BCUT2D eigenvalue weighted by Crippen LogP contribution is -2.39. The molecule has 0 aliphatic heterocycles. The molecule has 0 saturated heterocycles. The van der Waals surface area contributed by atoms with E-state index in [-0.39, 0.29) is 17.5 Å². The summed E-state index contributed by atoms with van der Waals surface area (Å²) in [6, 6.07) is 32.2. The molecule has 0 aromatic heterocycles. The normalized spacial score (nSPS) is 11.6. The number of carbonyl (C=O) groups is 1. The first kappa shape index (κ1) is 39.2. The average Bonchev–Trinajstić information content (AvgIpc) is 3.04. The molecule has 0 aliphatic rings. The number of ether oxygens (including phenoxy) is 1. The third-order valence-electron chi connectivity index (χ3n) is 7.00. The molecular formula is C35H45F2IO5S2. The molecule has 0 saturated carbocycles. The lowest BCUT2D eigenvalue weighted by Gasteiger charge is -2.17. The van der Waals surface area contributed by atoms with E-state index >= 15 is 0 Å². The molecule has 0 aliphatic carbocycles. The van der Waals surface area contributed by atoms with Gasteiger partial charge in [-0.05, 0) is 53.7 Å². The standard InChI is InChI=1S/C18H15S.C17H31F2IO5S/c1-4-10-16(11-5-1)19(17-12-6-2-7-13-17)18-14-8-3-9-15-18;18-17(19,26(22,23)24)16(21)25-15-13-11-9-7-5-3-1-2-4-6-8-10-12-14-20/h1-15H;1-15H2,(H,22,23,24)/q+1;/p-1. The van der Waals surface area contributed by atoms with Gasteiger partial charge in [0.2, 0.25) is 0 Å². The van der Waals surface area contributed by atoms with Gasteiger partial charge in [0.15, 0.2) is 24.8 Å². The van der Waals surface area contributed by atoms with Gasteiger partial charge in [0.05, 0.1) is 17.5 Å². The van der Waals surface area contributed by atoms with E-state index in [1.165, 1.54) is 70.5 Å². The van der Waals surface area contributed by atoms with E-state index in [0.717, 1.165) is 19.3 Å². The fourth-order valence-electron chi connectivity index (χ4n) is 4.57. The van der Waals surface area contributed by atoms with Gasteiger partial charge >= 0.3 is 11.2 Å². The Kier molecular flexibility index (Phi) is 19.6. The van der Waals surface area contributed by atoms with Gasteiger partial charge in [0, 0.05) is 0 Å². The molecule has 0 atom stereocenters. The first-order valence-corrected chi connectivity index (χ1v) is 19.8. The summed E-state index contributed by atoms with van der Waals surface area (Å²) >= 11 is 2.41. The Morgan fingerprint density at radius 3 is 1.24 bits per heavy atom. The van der Waals surface area contributed by atoms with E-state index in [4.69, 9.17) is 0 Å². The first-order valence-electron chi connectivity index (χ1n) is 15.6. The summed E-state index contributed by atoms with van der Waals surface area (Å²) in [5.41, 5.74) is 0. The number of carbonyl (C=O) groups excluding carboxylic acids is 1. The van der Waals surface area contributed by atoms with Crippen LogP contribution in [0.15, 0.2) is 106 Å². The summed E-state index contributed by atoms with van der Waals surface area (Å²) in [6.45, 7) is -0.304. The molecule has 0 amide bonds. The van der Waals surface area contributed by atoms with Gasteiger partial charge in [0.1, 0.15) is 0 Å². The number of benzene rings is 3. The van der Waals surface area contributed by atoms with E-state index in [2.05, 4.69) is 118 Å². The molecule has 3 aromatic rings. The zero-order valence-corrected chi connectivity index (χ0v) is 29.5. The van der Waals surface area contributed by atoms with Gasteiger partial charge in [-0.2, -0.15) is 8.78 Å². The van der Waals surface area contributed by atoms with Gasteiger partial charge in [0.25, 0.3) is 0 Å². The molecule has 0 radical (unpaired) electrons. The second kappa shape index (κ2) is 22.5. The molecule has 3 aromatic carbocycles. The minimum absolute atomic E-state index is 0.0146. The maximum absolute atomic E-state index is 12.8. The van der Waals surface area contributed by atoms with Crippen LogP contribution in [0, 0.1) is 0 Å². The van der Waals surface area contributed by atoms with Crippen molar-refractivity contribution in [3.63, 3.8) is 0 Å². The molecule has 0 unspecified atom stereocenters. The van der Waals surface area contributed by atoms with Crippen LogP contribution in [-0.2, 0) is 30.5 Å². The Morgan fingerprint density at radius 2 is 0.933 bits per heavy atom. The van der Waals surface area contributed by atoms with Crippen LogP contribution in [0.5, 0.6) is 0 Å². The van der Waals surface area contributed by atoms with Crippen molar-refractivity contribution in [1.82, 2.24) is 0 Å². The molecule has 0 spiro atoms. The van der Waals surface area contributed by atoms with E-state index in [9.17, 15) is 26.5 Å². The minimum atomic E-state index is -6.03. The molecule has 248 valence electrons. The van der Waals surface area contributed by atoms with Crippen molar-refractivity contribution in [2.24, 2.45) is 0 Å².